The fourth-order valence-corrected chi connectivity index (χ4v) is 0.865. The van der Waals surface area contributed by atoms with Gasteiger partial charge in [0.1, 0.15) is 5.75 Å². The van der Waals surface area contributed by atoms with Gasteiger partial charge in [0.15, 0.2) is 0 Å². The molecule has 0 saturated heterocycles. The molecule has 0 atom stereocenters. The molecule has 0 saturated carbocycles. The van der Waals surface area contributed by atoms with Gasteiger partial charge in [-0.25, -0.2) is 4.79 Å². The van der Waals surface area contributed by atoms with Crippen LogP contribution in [0.1, 0.15) is 0 Å². The van der Waals surface area contributed by atoms with Gasteiger partial charge in [-0.1, -0.05) is 6.58 Å². The Bertz CT molecular complexity index is 429. The predicted octanol–water partition coefficient (Wildman–Crippen LogP) is 1.84. The highest BCUT2D eigenvalue weighted by atomic mass is 16.6. The van der Waals surface area contributed by atoms with Crippen LogP contribution in [0.25, 0.3) is 0 Å². The Morgan fingerprint density at radius 3 is 2.53 bits per heavy atom. The van der Waals surface area contributed by atoms with E-state index in [2.05, 4.69) is 12.3 Å². The van der Waals surface area contributed by atoms with E-state index in [1.54, 1.807) is 0 Å². The molecule has 0 heterocycles. The second kappa shape index (κ2) is 4.74. The molecule has 0 aliphatic heterocycles. The van der Waals surface area contributed by atoms with Gasteiger partial charge in [0.25, 0.3) is 5.69 Å². The number of nitro benzene ring substituents is 1. The van der Waals surface area contributed by atoms with Gasteiger partial charge in [0.05, 0.1) is 11.0 Å². The van der Waals surface area contributed by atoms with Gasteiger partial charge in [-0.3, -0.25) is 10.1 Å². The predicted molar refractivity (Wildman–Crippen MR) is 52.4 cm³/mol. The third kappa shape index (κ3) is 3.10. The molecule has 0 radical (unpaired) electrons. The zero-order valence-corrected chi connectivity index (χ0v) is 7.67. The molecule has 0 spiro atoms. The summed E-state index contributed by atoms with van der Waals surface area (Å²) in [7, 11) is 0. The van der Waals surface area contributed by atoms with Crippen molar-refractivity contribution >= 4 is 11.7 Å². The quantitative estimate of drug-likeness (QED) is 0.188. The lowest BCUT2D eigenvalue weighted by Crippen LogP contribution is -2.03. The Labute approximate surface area is 85.4 Å². The van der Waals surface area contributed by atoms with Crippen molar-refractivity contribution in [3.05, 3.63) is 52.8 Å². The maximum Gasteiger partial charge on any atom is 0.343 e. The highest BCUT2D eigenvalue weighted by Crippen LogP contribution is 2.17. The molecule has 1 aromatic carbocycles. The van der Waals surface area contributed by atoms with Crippen LogP contribution < -0.4 is 4.74 Å². The van der Waals surface area contributed by atoms with Crippen molar-refractivity contribution in [3.8, 4) is 5.75 Å². The van der Waals surface area contributed by atoms with E-state index in [0.29, 0.717) is 0 Å². The average Bonchev–Trinajstić information content (AvgIpc) is 2.18. The monoisotopic (exact) mass is 205 g/mol. The van der Waals surface area contributed by atoms with Gasteiger partial charge in [0.2, 0.25) is 0 Å². The summed E-state index contributed by atoms with van der Waals surface area (Å²) in [6, 6.07) is 5.18. The van der Waals surface area contributed by atoms with Crippen LogP contribution >= 0.6 is 0 Å². The second-order valence-corrected chi connectivity index (χ2v) is 2.52. The molecule has 0 N–H and O–H groups in total. The lowest BCUT2D eigenvalue weighted by molar-refractivity contribution is -0.384. The maximum absolute atomic E-state index is 10.9. The minimum atomic E-state index is -0.626. The largest absolute Gasteiger partial charge is 0.423 e. The van der Waals surface area contributed by atoms with E-state index in [1.165, 1.54) is 24.3 Å². The van der Waals surface area contributed by atoms with Crippen molar-refractivity contribution in [2.45, 2.75) is 0 Å². The van der Waals surface area contributed by atoms with Crippen LogP contribution in [-0.2, 0) is 4.79 Å². The maximum atomic E-state index is 10.9. The third-order valence-corrected chi connectivity index (χ3v) is 1.49. The molecule has 0 aromatic heterocycles. The third-order valence-electron chi connectivity index (χ3n) is 1.49. The number of carbonyl (C=O) groups is 1. The number of ether oxygens (including phenoxy) is 1. The Morgan fingerprint density at radius 2 is 2.07 bits per heavy atom. The molecule has 1 rings (SSSR count). The van der Waals surface area contributed by atoms with Crippen molar-refractivity contribution in [1.82, 2.24) is 0 Å². The highest BCUT2D eigenvalue weighted by molar-refractivity contribution is 5.83. The van der Waals surface area contributed by atoms with Crippen molar-refractivity contribution in [2.75, 3.05) is 0 Å². The van der Waals surface area contributed by atoms with Crippen LogP contribution in [0.5, 0.6) is 5.75 Å². The summed E-state index contributed by atoms with van der Waals surface area (Å²) in [5.74, 6) is -0.393. The number of carbonyl (C=O) groups excluding carboxylic acids is 1. The Kier molecular flexibility index (Phi) is 3.38. The normalized spacial score (nSPS) is 8.80. The van der Waals surface area contributed by atoms with Crippen LogP contribution in [-0.4, -0.2) is 10.9 Å². The van der Waals surface area contributed by atoms with E-state index in [4.69, 9.17) is 4.74 Å². The fraction of sp³-hybridized carbons (Fsp3) is 0. The van der Waals surface area contributed by atoms with E-state index >= 15 is 0 Å². The fourth-order valence-electron chi connectivity index (χ4n) is 0.865. The molecular formula is C10H7NO4. The number of hydrogen-bond donors (Lipinski definition) is 0. The molecule has 0 aliphatic rings. The second-order valence-electron chi connectivity index (χ2n) is 2.52. The van der Waals surface area contributed by atoms with Crippen LogP contribution in [0.4, 0.5) is 5.69 Å². The summed E-state index contributed by atoms with van der Waals surface area (Å²) in [6.45, 7) is 3.21. The minimum Gasteiger partial charge on any atom is -0.423 e. The molecule has 5 nitrogen and oxygen atoms in total. The lowest BCUT2D eigenvalue weighted by atomic mass is 10.3. The minimum absolute atomic E-state index is 0.0611. The van der Waals surface area contributed by atoms with E-state index in [9.17, 15) is 14.9 Å². The summed E-state index contributed by atoms with van der Waals surface area (Å²) < 4.78 is 4.77. The zero-order valence-electron chi connectivity index (χ0n) is 7.67. The molecule has 0 fully saturated rings. The number of hydrogen-bond acceptors (Lipinski definition) is 4. The number of nitro groups is 1. The van der Waals surface area contributed by atoms with Crippen molar-refractivity contribution in [1.29, 1.82) is 0 Å². The Hall–Kier alpha value is -2.39. The number of benzene rings is 1. The summed E-state index contributed by atoms with van der Waals surface area (Å²) in [5.41, 5.74) is 2.20. The van der Waals surface area contributed by atoms with Gasteiger partial charge in [-0.2, -0.15) is 0 Å². The number of nitrogens with zero attached hydrogens (tertiary/aromatic N) is 1. The number of rotatable bonds is 3. The molecule has 76 valence electrons. The summed E-state index contributed by atoms with van der Waals surface area (Å²) in [6.07, 6.45) is 1.03. The van der Waals surface area contributed by atoms with Gasteiger partial charge in [-0.05, 0) is 12.1 Å². The van der Waals surface area contributed by atoms with Crippen molar-refractivity contribution < 1.29 is 14.5 Å². The molecular weight excluding hydrogens is 198 g/mol. The Morgan fingerprint density at radius 1 is 1.47 bits per heavy atom. The van der Waals surface area contributed by atoms with Gasteiger partial charge in [-0.15, -0.1) is 5.73 Å². The van der Waals surface area contributed by atoms with Crippen LogP contribution in [0, 0.1) is 10.1 Å². The first-order valence-corrected chi connectivity index (χ1v) is 3.95. The van der Waals surface area contributed by atoms with Gasteiger partial charge in [0, 0.05) is 12.1 Å². The molecule has 0 unspecified atom stereocenters. The van der Waals surface area contributed by atoms with E-state index in [1.807, 2.05) is 0 Å². The summed E-state index contributed by atoms with van der Waals surface area (Å²) >= 11 is 0. The zero-order chi connectivity index (χ0) is 11.3. The van der Waals surface area contributed by atoms with E-state index in [-0.39, 0.29) is 11.4 Å². The molecule has 15 heavy (non-hydrogen) atoms. The molecule has 0 bridgehead atoms. The first-order chi connectivity index (χ1) is 7.13. The molecule has 5 heteroatoms. The SMILES string of the molecule is C=C=CC(=O)Oc1ccc([N+](=O)[O-])cc1. The van der Waals surface area contributed by atoms with Crippen molar-refractivity contribution in [2.24, 2.45) is 0 Å². The standard InChI is InChI=1S/C10H7NO4/c1-2-3-10(12)15-9-6-4-8(5-7-9)11(13)14/h3-7H,1H2. The smallest absolute Gasteiger partial charge is 0.343 e. The topological polar surface area (TPSA) is 69.4 Å². The first-order valence-electron chi connectivity index (χ1n) is 3.95. The number of esters is 1. The summed E-state index contributed by atoms with van der Waals surface area (Å²) in [5, 5.41) is 10.3. The van der Waals surface area contributed by atoms with Crippen LogP contribution in [0.2, 0.25) is 0 Å². The Balaban J connectivity index is 2.76. The van der Waals surface area contributed by atoms with Gasteiger partial charge >= 0.3 is 5.97 Å². The number of non-ortho nitro benzene ring substituents is 1. The highest BCUT2D eigenvalue weighted by Gasteiger charge is 2.05. The lowest BCUT2D eigenvalue weighted by Gasteiger charge is -1.99. The molecule has 0 amide bonds. The molecule has 0 aliphatic carbocycles. The summed E-state index contributed by atoms with van der Waals surface area (Å²) in [4.78, 5) is 20.7. The van der Waals surface area contributed by atoms with Crippen molar-refractivity contribution in [3.63, 3.8) is 0 Å². The van der Waals surface area contributed by atoms with Crippen LogP contribution in [0.15, 0.2) is 42.7 Å². The average molecular weight is 205 g/mol. The van der Waals surface area contributed by atoms with E-state index < -0.39 is 10.9 Å². The van der Waals surface area contributed by atoms with E-state index in [0.717, 1.165) is 6.08 Å². The first kappa shape index (κ1) is 10.7. The van der Waals surface area contributed by atoms with Crippen LogP contribution in [0.3, 0.4) is 0 Å². The molecule has 1 aromatic rings. The van der Waals surface area contributed by atoms with Gasteiger partial charge < -0.3 is 4.74 Å².